The van der Waals surface area contributed by atoms with Crippen molar-refractivity contribution in [2.45, 2.75) is 25.6 Å². The predicted octanol–water partition coefficient (Wildman–Crippen LogP) is 0.893. The summed E-state index contributed by atoms with van der Waals surface area (Å²) < 4.78 is 9.96. The van der Waals surface area contributed by atoms with Crippen molar-refractivity contribution < 1.29 is 14.3 Å². The topological polar surface area (TPSA) is 38.8 Å². The van der Waals surface area contributed by atoms with E-state index in [1.165, 1.54) is 0 Å². The summed E-state index contributed by atoms with van der Waals surface area (Å²) in [6.07, 6.45) is 1.21. The van der Waals surface area contributed by atoms with Gasteiger partial charge in [-0.3, -0.25) is 0 Å². The molecule has 62 valence electrons. The molecule has 0 aromatic rings. The fourth-order valence-corrected chi connectivity index (χ4v) is 0.784. The monoisotopic (exact) mass is 156 g/mol. The Bertz CT molecular complexity index is 184. The molecule has 0 aromatic carbocycles. The van der Waals surface area contributed by atoms with Crippen LogP contribution >= 0.6 is 0 Å². The van der Waals surface area contributed by atoms with Gasteiger partial charge in [0.15, 0.2) is 0 Å². The molecule has 1 heterocycles. The molecule has 0 aromatic heterocycles. The number of rotatable bonds is 3. The van der Waals surface area contributed by atoms with Gasteiger partial charge in [-0.05, 0) is 13.8 Å². The van der Waals surface area contributed by atoms with Crippen LogP contribution in [0.5, 0.6) is 0 Å². The molecule has 0 saturated carbocycles. The number of hydrogen-bond acceptors (Lipinski definition) is 3. The van der Waals surface area contributed by atoms with Crippen LogP contribution in [0, 0.1) is 0 Å². The summed E-state index contributed by atoms with van der Waals surface area (Å²) in [5, 5.41) is 0. The summed E-state index contributed by atoms with van der Waals surface area (Å²) in [5.41, 5.74) is -0.110. The molecule has 0 amide bonds. The van der Waals surface area contributed by atoms with Gasteiger partial charge in [0.05, 0.1) is 5.60 Å². The first-order valence-corrected chi connectivity index (χ1v) is 3.53. The molecule has 1 saturated heterocycles. The van der Waals surface area contributed by atoms with Crippen LogP contribution in [0.15, 0.2) is 12.7 Å². The van der Waals surface area contributed by atoms with E-state index in [1.807, 2.05) is 13.8 Å². The molecule has 1 aliphatic heterocycles. The third-order valence-corrected chi connectivity index (χ3v) is 1.71. The Morgan fingerprint density at radius 2 is 2.36 bits per heavy atom. The minimum absolute atomic E-state index is 0.0615. The van der Waals surface area contributed by atoms with E-state index in [-0.39, 0.29) is 11.7 Å². The molecule has 11 heavy (non-hydrogen) atoms. The van der Waals surface area contributed by atoms with Gasteiger partial charge >= 0.3 is 5.97 Å². The van der Waals surface area contributed by atoms with Crippen LogP contribution in [0.1, 0.15) is 13.8 Å². The Balaban J connectivity index is 2.16. The minimum Gasteiger partial charge on any atom is -0.460 e. The first kappa shape index (κ1) is 8.27. The van der Waals surface area contributed by atoms with Crippen LogP contribution in [0.3, 0.4) is 0 Å². The highest BCUT2D eigenvalue weighted by molar-refractivity contribution is 5.81. The van der Waals surface area contributed by atoms with Crippen molar-refractivity contribution in [2.24, 2.45) is 0 Å². The van der Waals surface area contributed by atoms with Crippen LogP contribution in [0.4, 0.5) is 0 Å². The first-order valence-electron chi connectivity index (χ1n) is 3.53. The van der Waals surface area contributed by atoms with Crippen LogP contribution in [-0.2, 0) is 14.3 Å². The van der Waals surface area contributed by atoms with Crippen molar-refractivity contribution in [1.82, 2.24) is 0 Å². The number of esters is 1. The quantitative estimate of drug-likeness (QED) is 0.346. The smallest absolute Gasteiger partial charge is 0.330 e. The minimum atomic E-state index is -0.392. The summed E-state index contributed by atoms with van der Waals surface area (Å²) in [6, 6.07) is 0. The van der Waals surface area contributed by atoms with Crippen LogP contribution in [-0.4, -0.2) is 24.3 Å². The van der Waals surface area contributed by atoms with Crippen LogP contribution < -0.4 is 0 Å². The molecule has 0 spiro atoms. The zero-order chi connectivity index (χ0) is 8.48. The van der Waals surface area contributed by atoms with E-state index in [4.69, 9.17) is 9.47 Å². The fraction of sp³-hybridized carbons (Fsp3) is 0.625. The normalized spacial score (nSPS) is 25.8. The molecule has 0 unspecified atom stereocenters. The van der Waals surface area contributed by atoms with Crippen molar-refractivity contribution in [3.8, 4) is 0 Å². The highest BCUT2D eigenvalue weighted by atomic mass is 16.6. The molecule has 3 heteroatoms. The summed E-state index contributed by atoms with van der Waals surface area (Å²) in [5.74, 6) is -0.392. The zero-order valence-corrected chi connectivity index (χ0v) is 6.79. The van der Waals surface area contributed by atoms with Gasteiger partial charge in [-0.1, -0.05) is 6.58 Å². The van der Waals surface area contributed by atoms with Gasteiger partial charge in [0.2, 0.25) is 0 Å². The summed E-state index contributed by atoms with van der Waals surface area (Å²) >= 11 is 0. The molecular weight excluding hydrogens is 144 g/mol. The van der Waals surface area contributed by atoms with Gasteiger partial charge in [-0.25, -0.2) is 4.79 Å². The highest BCUT2D eigenvalue weighted by Crippen LogP contribution is 2.35. The van der Waals surface area contributed by atoms with E-state index >= 15 is 0 Å². The highest BCUT2D eigenvalue weighted by Gasteiger charge is 2.48. The second-order valence-electron chi connectivity index (χ2n) is 3.04. The summed E-state index contributed by atoms with van der Waals surface area (Å²) in [7, 11) is 0. The third-order valence-electron chi connectivity index (χ3n) is 1.71. The number of carbonyl (C=O) groups is 1. The number of hydrogen-bond donors (Lipinski definition) is 0. The lowest BCUT2D eigenvalue weighted by atomic mass is 10.1. The SMILES string of the molecule is C=CC(=O)OC[C@H]1OC1(C)C. The second kappa shape index (κ2) is 2.66. The van der Waals surface area contributed by atoms with Gasteiger partial charge in [-0.15, -0.1) is 0 Å². The summed E-state index contributed by atoms with van der Waals surface area (Å²) in [4.78, 5) is 10.6. The molecular formula is C8H12O3. The van der Waals surface area contributed by atoms with Gasteiger partial charge < -0.3 is 9.47 Å². The average Bonchev–Trinajstić information content (AvgIpc) is 2.54. The molecule has 1 rings (SSSR count). The zero-order valence-electron chi connectivity index (χ0n) is 6.79. The Hall–Kier alpha value is -0.830. The van der Waals surface area contributed by atoms with E-state index in [2.05, 4.69) is 6.58 Å². The van der Waals surface area contributed by atoms with E-state index in [0.29, 0.717) is 6.61 Å². The second-order valence-corrected chi connectivity index (χ2v) is 3.04. The maximum Gasteiger partial charge on any atom is 0.330 e. The van der Waals surface area contributed by atoms with Crippen LogP contribution in [0.25, 0.3) is 0 Å². The third kappa shape index (κ3) is 2.05. The van der Waals surface area contributed by atoms with Gasteiger partial charge in [0, 0.05) is 6.08 Å². The maximum atomic E-state index is 10.6. The fourth-order valence-electron chi connectivity index (χ4n) is 0.784. The van der Waals surface area contributed by atoms with Crippen LogP contribution in [0.2, 0.25) is 0 Å². The molecule has 3 nitrogen and oxygen atoms in total. The molecule has 1 fully saturated rings. The van der Waals surface area contributed by atoms with Crippen molar-refractivity contribution >= 4 is 5.97 Å². The van der Waals surface area contributed by atoms with Crippen molar-refractivity contribution in [2.75, 3.05) is 6.61 Å². The van der Waals surface area contributed by atoms with Crippen molar-refractivity contribution in [3.05, 3.63) is 12.7 Å². The van der Waals surface area contributed by atoms with E-state index in [0.717, 1.165) is 6.08 Å². The molecule has 1 atom stereocenters. The molecule has 0 bridgehead atoms. The average molecular weight is 156 g/mol. The molecule has 0 aliphatic carbocycles. The largest absolute Gasteiger partial charge is 0.460 e. The van der Waals surface area contributed by atoms with Gasteiger partial charge in [-0.2, -0.15) is 0 Å². The Labute approximate surface area is 66.0 Å². The first-order chi connectivity index (χ1) is 5.06. The van der Waals surface area contributed by atoms with Gasteiger partial charge in [0.25, 0.3) is 0 Å². The van der Waals surface area contributed by atoms with Gasteiger partial charge in [0.1, 0.15) is 12.7 Å². The standard InChI is InChI=1S/C8H12O3/c1-4-7(9)10-5-6-8(2,3)11-6/h4,6H,1,5H2,2-3H3/t6-/m1/s1. The lowest BCUT2D eigenvalue weighted by Gasteiger charge is -1.98. The lowest BCUT2D eigenvalue weighted by molar-refractivity contribution is -0.138. The van der Waals surface area contributed by atoms with Crippen molar-refractivity contribution in [1.29, 1.82) is 0 Å². The molecule has 0 radical (unpaired) electrons. The molecule has 1 aliphatic rings. The van der Waals surface area contributed by atoms with E-state index < -0.39 is 5.97 Å². The van der Waals surface area contributed by atoms with E-state index in [1.54, 1.807) is 0 Å². The summed E-state index contributed by atoms with van der Waals surface area (Å²) in [6.45, 7) is 7.53. The number of carbonyl (C=O) groups excluding carboxylic acids is 1. The molecule has 0 N–H and O–H groups in total. The maximum absolute atomic E-state index is 10.6. The number of ether oxygens (including phenoxy) is 2. The lowest BCUT2D eigenvalue weighted by Crippen LogP contribution is -2.12. The van der Waals surface area contributed by atoms with E-state index in [9.17, 15) is 4.79 Å². The Morgan fingerprint density at radius 3 is 2.73 bits per heavy atom. The Kier molecular flexibility index (Phi) is 2.00. The van der Waals surface area contributed by atoms with Crippen molar-refractivity contribution in [3.63, 3.8) is 0 Å². The number of epoxide rings is 1. The Morgan fingerprint density at radius 1 is 1.82 bits per heavy atom. The predicted molar refractivity (Wildman–Crippen MR) is 40.1 cm³/mol.